The van der Waals surface area contributed by atoms with Crippen LogP contribution in [0.15, 0.2) is 65.2 Å². The highest BCUT2D eigenvalue weighted by molar-refractivity contribution is 9.10. The molecule has 0 unspecified atom stereocenters. The highest BCUT2D eigenvalue weighted by Crippen LogP contribution is 2.31. The van der Waals surface area contributed by atoms with E-state index in [0.717, 1.165) is 16.1 Å². The van der Waals surface area contributed by atoms with Crippen LogP contribution in [0.2, 0.25) is 0 Å². The fourth-order valence-corrected chi connectivity index (χ4v) is 3.18. The minimum absolute atomic E-state index is 0.0710. The minimum Gasteiger partial charge on any atom is -0.491 e. The third kappa shape index (κ3) is 8.82. The predicted molar refractivity (Wildman–Crippen MR) is 121 cm³/mol. The van der Waals surface area contributed by atoms with Gasteiger partial charge < -0.3 is 19.7 Å². The van der Waals surface area contributed by atoms with Gasteiger partial charge in [0.1, 0.15) is 18.5 Å². The molecule has 0 bridgehead atoms. The number of hydrogen-bond acceptors (Lipinski definition) is 5. The Hall–Kier alpha value is -2.84. The van der Waals surface area contributed by atoms with Crippen molar-refractivity contribution in [3.05, 3.63) is 70.7 Å². The van der Waals surface area contributed by atoms with Crippen molar-refractivity contribution in [1.29, 1.82) is 0 Å². The number of anilines is 1. The second-order valence-electron chi connectivity index (χ2n) is 6.89. The number of aliphatic carboxylic acids is 1. The average Bonchev–Trinajstić information content (AvgIpc) is 2.75. The van der Waals surface area contributed by atoms with Crippen molar-refractivity contribution in [3.63, 3.8) is 0 Å². The molecule has 0 aliphatic carbocycles. The highest BCUT2D eigenvalue weighted by atomic mass is 79.9. The molecule has 2 atom stereocenters. The van der Waals surface area contributed by atoms with Crippen molar-refractivity contribution >= 4 is 33.7 Å². The SMILES string of the molecule is C[C@@H](CC/C=C/C(=O)O)[C@H](OC(=O)Nc1ccc(Br)cc1)c1ccc(OCCO)cc1. The van der Waals surface area contributed by atoms with Gasteiger partial charge in [0.25, 0.3) is 0 Å². The van der Waals surface area contributed by atoms with E-state index in [4.69, 9.17) is 19.7 Å². The molecule has 0 heterocycles. The summed E-state index contributed by atoms with van der Waals surface area (Å²) < 4.78 is 12.0. The first kappa shape index (κ1) is 24.4. The fourth-order valence-electron chi connectivity index (χ4n) is 2.92. The molecule has 1 amide bonds. The molecule has 7 nitrogen and oxygen atoms in total. The maximum Gasteiger partial charge on any atom is 0.412 e. The summed E-state index contributed by atoms with van der Waals surface area (Å²) in [6.07, 6.45) is 2.74. The van der Waals surface area contributed by atoms with Crippen LogP contribution >= 0.6 is 15.9 Å². The number of rotatable bonds is 11. The maximum absolute atomic E-state index is 12.5. The van der Waals surface area contributed by atoms with Crippen molar-refractivity contribution in [3.8, 4) is 5.75 Å². The quantitative estimate of drug-likeness (QED) is 0.374. The zero-order valence-corrected chi connectivity index (χ0v) is 18.7. The van der Waals surface area contributed by atoms with Gasteiger partial charge in [-0.15, -0.1) is 0 Å². The number of halogens is 1. The third-order valence-electron chi connectivity index (χ3n) is 4.46. The summed E-state index contributed by atoms with van der Waals surface area (Å²) in [4.78, 5) is 23.2. The first-order valence-corrected chi connectivity index (χ1v) is 10.6. The predicted octanol–water partition coefficient (Wildman–Crippen LogP) is 5.17. The lowest BCUT2D eigenvalue weighted by Gasteiger charge is -2.25. The molecule has 3 N–H and O–H groups in total. The van der Waals surface area contributed by atoms with Crippen LogP contribution in [0.3, 0.4) is 0 Å². The number of carbonyl (C=O) groups is 2. The fraction of sp³-hybridized carbons (Fsp3) is 0.304. The van der Waals surface area contributed by atoms with Gasteiger partial charge in [0.15, 0.2) is 0 Å². The molecule has 166 valence electrons. The van der Waals surface area contributed by atoms with Crippen LogP contribution in [-0.2, 0) is 9.53 Å². The van der Waals surface area contributed by atoms with Gasteiger partial charge in [-0.2, -0.15) is 0 Å². The lowest BCUT2D eigenvalue weighted by atomic mass is 9.93. The van der Waals surface area contributed by atoms with Gasteiger partial charge in [0.2, 0.25) is 0 Å². The van der Waals surface area contributed by atoms with Gasteiger partial charge >= 0.3 is 12.1 Å². The Balaban J connectivity index is 2.11. The first-order valence-electron chi connectivity index (χ1n) is 9.85. The smallest absolute Gasteiger partial charge is 0.412 e. The molecule has 8 heteroatoms. The van der Waals surface area contributed by atoms with E-state index in [9.17, 15) is 9.59 Å². The van der Waals surface area contributed by atoms with Gasteiger partial charge in [-0.1, -0.05) is 41.1 Å². The number of ether oxygens (including phenoxy) is 2. The summed E-state index contributed by atoms with van der Waals surface area (Å²) in [5.41, 5.74) is 1.40. The molecule has 0 radical (unpaired) electrons. The number of nitrogens with one attached hydrogen (secondary N) is 1. The Kier molecular flexibility index (Phi) is 10.1. The Morgan fingerprint density at radius 2 is 1.81 bits per heavy atom. The Bertz CT molecular complexity index is 867. The maximum atomic E-state index is 12.5. The minimum atomic E-state index is -0.993. The summed E-state index contributed by atoms with van der Waals surface area (Å²) >= 11 is 3.35. The van der Waals surface area contributed by atoms with Crippen LogP contribution in [0, 0.1) is 5.92 Å². The van der Waals surface area contributed by atoms with Crippen molar-refractivity contribution < 1.29 is 29.3 Å². The van der Waals surface area contributed by atoms with Crippen LogP contribution in [0.1, 0.15) is 31.4 Å². The van der Waals surface area contributed by atoms with E-state index in [1.54, 1.807) is 30.3 Å². The normalized spacial score (nSPS) is 12.9. The van der Waals surface area contributed by atoms with E-state index in [1.165, 1.54) is 0 Å². The van der Waals surface area contributed by atoms with E-state index >= 15 is 0 Å². The number of allylic oxidation sites excluding steroid dienone is 1. The molecule has 0 aromatic heterocycles. The number of carbonyl (C=O) groups excluding carboxylic acids is 1. The third-order valence-corrected chi connectivity index (χ3v) is 4.99. The summed E-state index contributed by atoms with van der Waals surface area (Å²) in [6.45, 7) is 2.06. The van der Waals surface area contributed by atoms with Crippen molar-refractivity contribution in [2.45, 2.75) is 25.9 Å². The number of aliphatic hydroxyl groups excluding tert-OH is 1. The van der Waals surface area contributed by atoms with E-state index in [2.05, 4.69) is 21.2 Å². The largest absolute Gasteiger partial charge is 0.491 e. The first-order chi connectivity index (χ1) is 14.9. The van der Waals surface area contributed by atoms with E-state index < -0.39 is 18.2 Å². The lowest BCUT2D eigenvalue weighted by molar-refractivity contribution is -0.131. The molecule has 2 aromatic rings. The summed E-state index contributed by atoms with van der Waals surface area (Å²) in [6, 6.07) is 14.3. The second-order valence-corrected chi connectivity index (χ2v) is 7.81. The van der Waals surface area contributed by atoms with Crippen LogP contribution in [0.25, 0.3) is 0 Å². The number of aliphatic hydroxyl groups is 1. The molecular formula is C23H26BrNO6. The number of hydrogen-bond donors (Lipinski definition) is 3. The van der Waals surface area contributed by atoms with Gasteiger partial charge in [-0.25, -0.2) is 9.59 Å². The summed E-state index contributed by atoms with van der Waals surface area (Å²) in [5, 5.41) is 20.3. The molecular weight excluding hydrogens is 466 g/mol. The monoisotopic (exact) mass is 491 g/mol. The number of amides is 1. The Morgan fingerprint density at radius 3 is 2.42 bits per heavy atom. The molecule has 0 spiro atoms. The molecule has 0 saturated carbocycles. The van der Waals surface area contributed by atoms with Gasteiger partial charge in [0.05, 0.1) is 6.61 Å². The van der Waals surface area contributed by atoms with Gasteiger partial charge in [-0.05, 0) is 60.7 Å². The number of benzene rings is 2. The van der Waals surface area contributed by atoms with Crippen LogP contribution in [-0.4, -0.2) is 35.5 Å². The molecule has 0 aliphatic heterocycles. The standard InChI is InChI=1S/C23H26BrNO6/c1-16(4-2-3-5-21(27)28)22(17-6-12-20(13-7-17)30-15-14-26)31-23(29)25-19-10-8-18(24)9-11-19/h3,5-13,16,22,26H,2,4,14-15H2,1H3,(H,25,29)(H,27,28)/b5-3+/t16-,22-/m0/s1. The molecule has 0 saturated heterocycles. The van der Waals surface area contributed by atoms with Crippen LogP contribution in [0.4, 0.5) is 10.5 Å². The van der Waals surface area contributed by atoms with Crippen molar-refractivity contribution in [2.24, 2.45) is 5.92 Å². The number of carboxylic acids is 1. The van der Waals surface area contributed by atoms with Gasteiger partial charge in [0, 0.05) is 16.2 Å². The zero-order chi connectivity index (χ0) is 22.6. The molecule has 0 fully saturated rings. The van der Waals surface area contributed by atoms with E-state index in [0.29, 0.717) is 24.3 Å². The molecule has 31 heavy (non-hydrogen) atoms. The average molecular weight is 492 g/mol. The molecule has 0 aliphatic rings. The number of carboxylic acid groups (broad SMARTS) is 1. The lowest BCUT2D eigenvalue weighted by Crippen LogP contribution is -2.22. The second kappa shape index (κ2) is 12.8. The summed E-state index contributed by atoms with van der Waals surface area (Å²) in [5.74, 6) is -0.459. The van der Waals surface area contributed by atoms with Crippen LogP contribution in [0.5, 0.6) is 5.75 Å². The van der Waals surface area contributed by atoms with E-state index in [-0.39, 0.29) is 19.1 Å². The van der Waals surface area contributed by atoms with Crippen molar-refractivity contribution in [2.75, 3.05) is 18.5 Å². The zero-order valence-electron chi connectivity index (χ0n) is 17.2. The Morgan fingerprint density at radius 1 is 1.13 bits per heavy atom. The Labute approximate surface area is 189 Å². The van der Waals surface area contributed by atoms with Crippen LogP contribution < -0.4 is 10.1 Å². The van der Waals surface area contributed by atoms with Gasteiger partial charge in [-0.3, -0.25) is 5.32 Å². The molecule has 2 rings (SSSR count). The summed E-state index contributed by atoms with van der Waals surface area (Å²) in [7, 11) is 0. The topological polar surface area (TPSA) is 105 Å². The molecule has 2 aromatic carbocycles. The van der Waals surface area contributed by atoms with Crippen molar-refractivity contribution in [1.82, 2.24) is 0 Å². The van der Waals surface area contributed by atoms with E-state index in [1.807, 2.05) is 31.2 Å². The highest BCUT2D eigenvalue weighted by Gasteiger charge is 2.23.